The number of hydrogen-bond acceptors (Lipinski definition) is 2. The molecule has 2 aliphatic carbocycles. The van der Waals surface area contributed by atoms with Gasteiger partial charge in [0.15, 0.2) is 11.7 Å². The number of aromatic nitrogens is 1. The molecular formula is C62H58N4. The minimum Gasteiger partial charge on any atom is -0.265 e. The van der Waals surface area contributed by atoms with E-state index in [1.54, 1.807) is 6.08 Å². The highest BCUT2D eigenvalue weighted by Gasteiger charge is 2.47. The molecule has 4 nitrogen and oxygen atoms in total. The summed E-state index contributed by atoms with van der Waals surface area (Å²) in [5, 5.41) is 0. The van der Waals surface area contributed by atoms with Crippen molar-refractivity contribution in [3.8, 4) is 11.1 Å². The van der Waals surface area contributed by atoms with E-state index < -0.39 is 5.41 Å². The Morgan fingerprint density at radius 2 is 1.42 bits per heavy atom. The van der Waals surface area contributed by atoms with Gasteiger partial charge in [-0.1, -0.05) is 188 Å². The molecule has 326 valence electrons. The standard InChI is InChI=1S/C54H48N4.C8H10/c1-6-19-42(20-7-2)40(8-3)36-41(9-4)53(57-38-39-21-18-24-44(35-39)43-22-12-10-13-23-43)58-52(55-5)45-29-30-49-48-27-16-17-28-50(48)54(51(49)37-45,46-25-14-11-15-26-46)47-31-33-56-34-32-47;1-7-4-3-5-8(2)6-7/h6-16,18-27,29-37H,1,3,5,17,28,38H2,2,4H3;3-6H,1-2H3/b20-7-,40-36+,41-9+,42-19+,57-53?,58-52?;. The summed E-state index contributed by atoms with van der Waals surface area (Å²) >= 11 is 0. The fourth-order valence-electron chi connectivity index (χ4n) is 9.01. The summed E-state index contributed by atoms with van der Waals surface area (Å²) in [5.41, 5.74) is 16.6. The van der Waals surface area contributed by atoms with Crippen molar-refractivity contribution in [3.63, 3.8) is 0 Å². The molecule has 0 saturated heterocycles. The summed E-state index contributed by atoms with van der Waals surface area (Å²) < 4.78 is 0. The number of amidine groups is 2. The Morgan fingerprint density at radius 3 is 2.08 bits per heavy atom. The fourth-order valence-corrected chi connectivity index (χ4v) is 9.01. The van der Waals surface area contributed by atoms with Crippen molar-refractivity contribution in [1.82, 2.24) is 4.98 Å². The van der Waals surface area contributed by atoms with Gasteiger partial charge in [0.2, 0.25) is 0 Å². The van der Waals surface area contributed by atoms with E-state index in [2.05, 4.69) is 195 Å². The van der Waals surface area contributed by atoms with Gasteiger partial charge in [-0.2, -0.15) is 0 Å². The summed E-state index contributed by atoms with van der Waals surface area (Å²) in [6.07, 6.45) is 24.1. The van der Waals surface area contributed by atoms with Gasteiger partial charge >= 0.3 is 0 Å². The number of benzene rings is 5. The quantitative estimate of drug-likeness (QED) is 0.0687. The SMILES string of the molecule is C=C/C=C(\C=C/C)C(/C=C)=C/C(=C\C)C(=NCc1cccc(-c2ccccc2)c1)N=C(N=C)c1ccc2c(c1)C(c1ccccc1)(c1ccncc1)C1=C2C=CCC1.Cc1cccc(C)c1. The van der Waals surface area contributed by atoms with Crippen LogP contribution in [0.5, 0.6) is 0 Å². The Kier molecular flexibility index (Phi) is 15.5. The summed E-state index contributed by atoms with van der Waals surface area (Å²) in [4.78, 5) is 19.5. The largest absolute Gasteiger partial charge is 0.265 e. The van der Waals surface area contributed by atoms with Gasteiger partial charge in [0.05, 0.1) is 12.0 Å². The molecule has 8 rings (SSSR count). The van der Waals surface area contributed by atoms with Crippen LogP contribution in [0.4, 0.5) is 0 Å². The minimum atomic E-state index is -0.515. The molecule has 6 aromatic rings. The van der Waals surface area contributed by atoms with E-state index in [4.69, 9.17) is 9.98 Å². The van der Waals surface area contributed by atoms with Crippen molar-refractivity contribution in [2.75, 3.05) is 0 Å². The highest BCUT2D eigenvalue weighted by atomic mass is 15.0. The van der Waals surface area contributed by atoms with Crippen LogP contribution in [0.15, 0.2) is 257 Å². The van der Waals surface area contributed by atoms with E-state index in [-0.39, 0.29) is 0 Å². The molecule has 0 aliphatic heterocycles. The highest BCUT2D eigenvalue weighted by Crippen LogP contribution is 2.57. The van der Waals surface area contributed by atoms with Crippen LogP contribution in [0.2, 0.25) is 0 Å². The van der Waals surface area contributed by atoms with Gasteiger partial charge in [0.25, 0.3) is 0 Å². The molecule has 1 heterocycles. The molecule has 0 radical (unpaired) electrons. The molecule has 0 bridgehead atoms. The summed E-state index contributed by atoms with van der Waals surface area (Å²) in [7, 11) is 0. The molecule has 1 unspecified atom stereocenters. The van der Waals surface area contributed by atoms with Gasteiger partial charge in [0, 0.05) is 23.5 Å². The number of rotatable bonds is 12. The molecule has 4 heteroatoms. The van der Waals surface area contributed by atoms with E-state index in [0.29, 0.717) is 18.2 Å². The summed E-state index contributed by atoms with van der Waals surface area (Å²) in [6.45, 7) is 20.8. The maximum absolute atomic E-state index is 5.27. The number of fused-ring (bicyclic) bond motifs is 2. The topological polar surface area (TPSA) is 50.0 Å². The van der Waals surface area contributed by atoms with Crippen LogP contribution in [0.3, 0.4) is 0 Å². The van der Waals surface area contributed by atoms with Crippen LogP contribution in [-0.2, 0) is 12.0 Å². The van der Waals surface area contributed by atoms with Crippen LogP contribution < -0.4 is 0 Å². The third-order valence-electron chi connectivity index (χ3n) is 12.0. The number of allylic oxidation sites excluding steroid dienone is 12. The van der Waals surface area contributed by atoms with Crippen LogP contribution in [0, 0.1) is 13.8 Å². The Bertz CT molecular complexity index is 2900. The van der Waals surface area contributed by atoms with Gasteiger partial charge in [-0.25, -0.2) is 9.98 Å². The molecule has 0 saturated carbocycles. The normalized spacial score (nSPS) is 16.3. The Morgan fingerprint density at radius 1 is 0.727 bits per heavy atom. The van der Waals surface area contributed by atoms with Crippen molar-refractivity contribution in [2.24, 2.45) is 15.0 Å². The molecule has 0 amide bonds. The van der Waals surface area contributed by atoms with Gasteiger partial charge in [-0.05, 0) is 139 Å². The molecule has 2 aliphatic rings. The molecular weight excluding hydrogens is 801 g/mol. The molecule has 66 heavy (non-hydrogen) atoms. The minimum absolute atomic E-state index is 0.412. The maximum atomic E-state index is 5.27. The lowest BCUT2D eigenvalue weighted by atomic mass is 9.65. The zero-order chi connectivity index (χ0) is 46.3. The number of hydrogen-bond donors (Lipinski definition) is 0. The number of pyridine rings is 1. The maximum Gasteiger partial charge on any atom is 0.161 e. The first-order valence-electron chi connectivity index (χ1n) is 22.6. The van der Waals surface area contributed by atoms with Crippen molar-refractivity contribution in [1.29, 1.82) is 0 Å². The number of nitrogens with zero attached hydrogens (tertiary/aromatic N) is 4. The third kappa shape index (κ3) is 10.3. The smallest absolute Gasteiger partial charge is 0.161 e. The van der Waals surface area contributed by atoms with E-state index >= 15 is 0 Å². The lowest BCUT2D eigenvalue weighted by molar-refractivity contribution is 0.695. The van der Waals surface area contributed by atoms with Crippen LogP contribution in [0.1, 0.15) is 71.2 Å². The second-order valence-electron chi connectivity index (χ2n) is 16.3. The molecule has 1 aromatic heterocycles. The average Bonchev–Trinajstić information content (AvgIpc) is 3.66. The van der Waals surface area contributed by atoms with Gasteiger partial charge in [0.1, 0.15) is 0 Å². The highest BCUT2D eigenvalue weighted by molar-refractivity contribution is 6.14. The first-order valence-corrected chi connectivity index (χ1v) is 22.6. The predicted octanol–water partition coefficient (Wildman–Crippen LogP) is 15.3. The van der Waals surface area contributed by atoms with E-state index in [0.717, 1.165) is 51.8 Å². The van der Waals surface area contributed by atoms with Crippen molar-refractivity contribution >= 4 is 24.0 Å². The van der Waals surface area contributed by atoms with Crippen LogP contribution in [0.25, 0.3) is 16.7 Å². The lowest BCUT2D eigenvalue weighted by Crippen LogP contribution is -2.30. The Labute approximate surface area is 392 Å². The molecule has 0 fully saturated rings. The Hall–Kier alpha value is -7.82. The lowest BCUT2D eigenvalue weighted by Gasteiger charge is -2.36. The molecule has 0 spiro atoms. The van der Waals surface area contributed by atoms with Crippen molar-refractivity contribution < 1.29 is 0 Å². The zero-order valence-corrected chi connectivity index (χ0v) is 38.7. The first kappa shape index (κ1) is 46.2. The summed E-state index contributed by atoms with van der Waals surface area (Å²) in [5.74, 6) is 1.03. The third-order valence-corrected chi connectivity index (χ3v) is 12.0. The van der Waals surface area contributed by atoms with Crippen molar-refractivity contribution in [2.45, 2.75) is 52.5 Å². The van der Waals surface area contributed by atoms with E-state index in [9.17, 15) is 0 Å². The fraction of sp³-hybridized carbons (Fsp3) is 0.129. The van der Waals surface area contributed by atoms with Gasteiger partial charge in [-0.15, -0.1) is 0 Å². The number of aryl methyl sites for hydroxylation is 2. The first-order chi connectivity index (χ1) is 32.3. The van der Waals surface area contributed by atoms with Gasteiger partial charge < -0.3 is 0 Å². The van der Waals surface area contributed by atoms with Crippen molar-refractivity contribution in [3.05, 3.63) is 287 Å². The van der Waals surface area contributed by atoms with Gasteiger partial charge in [-0.3, -0.25) is 9.98 Å². The average molecular weight is 859 g/mol. The molecule has 1 atom stereocenters. The Balaban J connectivity index is 0.000000732. The van der Waals surface area contributed by atoms with Crippen LogP contribution in [-0.4, -0.2) is 23.4 Å². The van der Waals surface area contributed by atoms with Crippen LogP contribution >= 0.6 is 0 Å². The second-order valence-corrected chi connectivity index (χ2v) is 16.3. The zero-order valence-electron chi connectivity index (χ0n) is 38.7. The summed E-state index contributed by atoms with van der Waals surface area (Å²) in [6, 6.07) is 49.1. The molecule has 0 N–H and O–H groups in total. The molecule has 5 aromatic carbocycles. The number of aliphatic imine (C=N–C) groups is 3. The monoisotopic (exact) mass is 858 g/mol. The predicted molar refractivity (Wildman–Crippen MR) is 282 cm³/mol. The van der Waals surface area contributed by atoms with E-state index in [1.807, 2.05) is 62.7 Å². The van der Waals surface area contributed by atoms with E-state index in [1.165, 1.54) is 44.5 Å². The second kappa shape index (κ2) is 22.2.